The SMILES string of the molecule is CCCC(C(=O)NCC1(C)CCCO1)C(N)=NO. The van der Waals surface area contributed by atoms with Crippen LogP contribution in [0.1, 0.15) is 39.5 Å². The summed E-state index contributed by atoms with van der Waals surface area (Å²) in [6, 6.07) is 0. The maximum Gasteiger partial charge on any atom is 0.230 e. The second kappa shape index (κ2) is 6.58. The molecule has 18 heavy (non-hydrogen) atoms. The third-order valence-corrected chi connectivity index (χ3v) is 3.30. The molecule has 6 heteroatoms. The van der Waals surface area contributed by atoms with Crippen molar-refractivity contribution in [2.24, 2.45) is 16.8 Å². The van der Waals surface area contributed by atoms with E-state index in [0.29, 0.717) is 13.0 Å². The molecule has 1 heterocycles. The maximum absolute atomic E-state index is 12.0. The number of rotatable bonds is 6. The topological polar surface area (TPSA) is 96.9 Å². The van der Waals surface area contributed by atoms with Crippen molar-refractivity contribution in [3.05, 3.63) is 0 Å². The van der Waals surface area contributed by atoms with Gasteiger partial charge in [0.1, 0.15) is 0 Å². The van der Waals surface area contributed by atoms with Crippen molar-refractivity contribution < 1.29 is 14.7 Å². The molecule has 104 valence electrons. The van der Waals surface area contributed by atoms with Crippen molar-refractivity contribution in [3.8, 4) is 0 Å². The van der Waals surface area contributed by atoms with Crippen LogP contribution in [0.5, 0.6) is 0 Å². The fourth-order valence-corrected chi connectivity index (χ4v) is 2.15. The molecular weight excluding hydrogens is 234 g/mol. The molecule has 2 unspecified atom stereocenters. The number of carbonyl (C=O) groups excluding carboxylic acids is 1. The minimum atomic E-state index is -0.565. The van der Waals surface area contributed by atoms with Gasteiger partial charge in [-0.1, -0.05) is 18.5 Å². The molecule has 0 spiro atoms. The van der Waals surface area contributed by atoms with E-state index in [1.165, 1.54) is 0 Å². The van der Waals surface area contributed by atoms with E-state index in [-0.39, 0.29) is 17.3 Å². The van der Waals surface area contributed by atoms with E-state index in [0.717, 1.165) is 25.9 Å². The van der Waals surface area contributed by atoms with Crippen LogP contribution >= 0.6 is 0 Å². The number of amides is 1. The Bertz CT molecular complexity index is 312. The lowest BCUT2D eigenvalue weighted by Crippen LogP contribution is -2.45. The molecule has 0 saturated carbocycles. The normalized spacial score (nSPS) is 26.0. The predicted molar refractivity (Wildman–Crippen MR) is 68.4 cm³/mol. The lowest BCUT2D eigenvalue weighted by atomic mass is 9.99. The highest BCUT2D eigenvalue weighted by Gasteiger charge is 2.31. The molecule has 6 nitrogen and oxygen atoms in total. The van der Waals surface area contributed by atoms with Crippen molar-refractivity contribution in [1.29, 1.82) is 0 Å². The van der Waals surface area contributed by atoms with Crippen molar-refractivity contribution in [3.63, 3.8) is 0 Å². The molecule has 4 N–H and O–H groups in total. The number of amidine groups is 1. The quantitative estimate of drug-likeness (QED) is 0.284. The number of nitrogens with two attached hydrogens (primary N) is 1. The van der Waals surface area contributed by atoms with Crippen LogP contribution in [0.3, 0.4) is 0 Å². The number of nitrogens with one attached hydrogen (secondary N) is 1. The lowest BCUT2D eigenvalue weighted by molar-refractivity contribution is -0.124. The van der Waals surface area contributed by atoms with E-state index in [4.69, 9.17) is 15.7 Å². The lowest BCUT2D eigenvalue weighted by Gasteiger charge is -2.24. The van der Waals surface area contributed by atoms with E-state index >= 15 is 0 Å². The standard InChI is InChI=1S/C12H23N3O3/c1-3-5-9(10(13)15-17)11(16)14-8-12(2)6-4-7-18-12/h9,17H,3-8H2,1-2H3,(H2,13,15)(H,14,16). The minimum Gasteiger partial charge on any atom is -0.409 e. The molecule has 1 saturated heterocycles. The van der Waals surface area contributed by atoms with Gasteiger partial charge in [-0.3, -0.25) is 4.79 Å². The average molecular weight is 257 g/mol. The van der Waals surface area contributed by atoms with Crippen molar-refractivity contribution in [2.45, 2.75) is 45.1 Å². The van der Waals surface area contributed by atoms with E-state index < -0.39 is 5.92 Å². The van der Waals surface area contributed by atoms with Gasteiger partial charge in [-0.15, -0.1) is 0 Å². The van der Waals surface area contributed by atoms with Crippen LogP contribution in [-0.4, -0.2) is 35.7 Å². The highest BCUT2D eigenvalue weighted by atomic mass is 16.5. The summed E-state index contributed by atoms with van der Waals surface area (Å²) in [6.45, 7) is 5.14. The second-order valence-corrected chi connectivity index (χ2v) is 4.99. The fourth-order valence-electron chi connectivity index (χ4n) is 2.15. The Morgan fingerprint density at radius 2 is 2.39 bits per heavy atom. The number of carbonyl (C=O) groups is 1. The Hall–Kier alpha value is -1.30. The number of hydrogen-bond acceptors (Lipinski definition) is 4. The molecule has 0 aliphatic carbocycles. The van der Waals surface area contributed by atoms with Crippen LogP contribution in [0.2, 0.25) is 0 Å². The van der Waals surface area contributed by atoms with E-state index in [2.05, 4.69) is 10.5 Å². The zero-order valence-corrected chi connectivity index (χ0v) is 11.1. The van der Waals surface area contributed by atoms with Crippen molar-refractivity contribution in [1.82, 2.24) is 5.32 Å². The molecular formula is C12H23N3O3. The first-order chi connectivity index (χ1) is 8.52. The molecule has 0 radical (unpaired) electrons. The van der Waals surface area contributed by atoms with Gasteiger partial charge in [-0.05, 0) is 26.2 Å². The number of oxime groups is 1. The summed E-state index contributed by atoms with van der Waals surface area (Å²) < 4.78 is 5.59. The first-order valence-corrected chi connectivity index (χ1v) is 6.41. The summed E-state index contributed by atoms with van der Waals surface area (Å²) in [4.78, 5) is 12.0. The van der Waals surface area contributed by atoms with Crippen LogP contribution in [-0.2, 0) is 9.53 Å². The first kappa shape index (κ1) is 14.8. The van der Waals surface area contributed by atoms with Gasteiger partial charge in [-0.25, -0.2) is 0 Å². The number of nitrogens with zero attached hydrogens (tertiary/aromatic N) is 1. The van der Waals surface area contributed by atoms with Crippen LogP contribution < -0.4 is 11.1 Å². The summed E-state index contributed by atoms with van der Waals surface area (Å²) in [7, 11) is 0. The zero-order valence-electron chi connectivity index (χ0n) is 11.1. The van der Waals surface area contributed by atoms with Gasteiger partial charge in [0, 0.05) is 13.2 Å². The highest BCUT2D eigenvalue weighted by Crippen LogP contribution is 2.24. The summed E-state index contributed by atoms with van der Waals surface area (Å²) in [5.41, 5.74) is 5.25. The molecule has 0 aromatic carbocycles. The summed E-state index contributed by atoms with van der Waals surface area (Å²) >= 11 is 0. The second-order valence-electron chi connectivity index (χ2n) is 4.99. The Balaban J connectivity index is 2.51. The average Bonchev–Trinajstić information content (AvgIpc) is 2.79. The van der Waals surface area contributed by atoms with Crippen LogP contribution in [0.25, 0.3) is 0 Å². The van der Waals surface area contributed by atoms with Crippen molar-refractivity contribution in [2.75, 3.05) is 13.2 Å². The molecule has 1 aliphatic heterocycles. The third kappa shape index (κ3) is 3.87. The molecule has 1 amide bonds. The largest absolute Gasteiger partial charge is 0.409 e. The smallest absolute Gasteiger partial charge is 0.230 e. The molecule has 1 aliphatic rings. The predicted octanol–water partition coefficient (Wildman–Crippen LogP) is 0.834. The Kier molecular flexibility index (Phi) is 5.40. The van der Waals surface area contributed by atoms with Crippen LogP contribution in [0.15, 0.2) is 5.16 Å². The highest BCUT2D eigenvalue weighted by molar-refractivity contribution is 6.02. The van der Waals surface area contributed by atoms with Gasteiger partial charge in [0.15, 0.2) is 5.84 Å². The van der Waals surface area contributed by atoms with E-state index in [9.17, 15) is 4.79 Å². The Labute approximate surface area is 108 Å². The molecule has 0 bridgehead atoms. The summed E-state index contributed by atoms with van der Waals surface area (Å²) in [5.74, 6) is -0.805. The molecule has 0 aromatic heterocycles. The van der Waals surface area contributed by atoms with Gasteiger partial charge in [0.05, 0.1) is 11.5 Å². The van der Waals surface area contributed by atoms with Gasteiger partial charge in [-0.2, -0.15) is 0 Å². The summed E-state index contributed by atoms with van der Waals surface area (Å²) in [6.07, 6.45) is 3.32. The Morgan fingerprint density at radius 1 is 1.67 bits per heavy atom. The van der Waals surface area contributed by atoms with Crippen LogP contribution in [0, 0.1) is 5.92 Å². The monoisotopic (exact) mass is 257 g/mol. The van der Waals surface area contributed by atoms with Crippen molar-refractivity contribution >= 4 is 11.7 Å². The molecule has 0 aromatic rings. The summed E-state index contributed by atoms with van der Waals surface area (Å²) in [5, 5.41) is 14.4. The van der Waals surface area contributed by atoms with Gasteiger partial charge in [0.2, 0.25) is 5.91 Å². The number of hydrogen-bond donors (Lipinski definition) is 3. The fraction of sp³-hybridized carbons (Fsp3) is 0.833. The van der Waals surface area contributed by atoms with Gasteiger partial charge >= 0.3 is 0 Å². The Morgan fingerprint density at radius 3 is 2.89 bits per heavy atom. The van der Waals surface area contributed by atoms with Crippen LogP contribution in [0.4, 0.5) is 0 Å². The van der Waals surface area contributed by atoms with Gasteiger partial charge < -0.3 is 21.0 Å². The first-order valence-electron chi connectivity index (χ1n) is 6.41. The molecule has 1 rings (SSSR count). The third-order valence-electron chi connectivity index (χ3n) is 3.30. The molecule has 1 fully saturated rings. The maximum atomic E-state index is 12.0. The molecule has 2 atom stereocenters. The van der Waals surface area contributed by atoms with E-state index in [1.54, 1.807) is 0 Å². The zero-order chi connectivity index (χ0) is 13.6. The minimum absolute atomic E-state index is 0.0353. The van der Waals surface area contributed by atoms with Gasteiger partial charge in [0.25, 0.3) is 0 Å². The number of ether oxygens (including phenoxy) is 1. The van der Waals surface area contributed by atoms with E-state index in [1.807, 2.05) is 13.8 Å².